The van der Waals surface area contributed by atoms with E-state index in [9.17, 15) is 0 Å². The summed E-state index contributed by atoms with van der Waals surface area (Å²) in [6.45, 7) is 22.3. The van der Waals surface area contributed by atoms with Crippen LogP contribution in [0.2, 0.25) is 0 Å². The number of pyridine rings is 1. The minimum Gasteiger partial charge on any atom is -0.568 e. The van der Waals surface area contributed by atoms with Gasteiger partial charge in [0.25, 0.3) is 0 Å². The third kappa shape index (κ3) is 6.26. The fourth-order valence-corrected chi connectivity index (χ4v) is 6.63. The Morgan fingerprint density at radius 2 is 1.37 bits per heavy atom. The maximum Gasteiger partial charge on any atom is 0.730 e. The Hall–Kier alpha value is -4.42. The predicted octanol–water partition coefficient (Wildman–Crippen LogP) is 10.7. The molecule has 51 heavy (non-hydrogen) atoms. The molecule has 0 spiro atoms. The molecule has 7 nitrogen and oxygen atoms in total. The Bertz CT molecular complexity index is 2100. The van der Waals surface area contributed by atoms with Crippen LogP contribution in [0.4, 0.5) is 34.3 Å². The molecule has 0 unspecified atom stereocenters. The van der Waals surface area contributed by atoms with Crippen LogP contribution in [0.3, 0.4) is 0 Å². The van der Waals surface area contributed by atoms with Crippen LogP contribution in [-0.4, -0.2) is 12.2 Å². The summed E-state index contributed by atoms with van der Waals surface area (Å²) in [4.78, 5) is 11.1. The Kier molecular flexibility index (Phi) is 8.49. The van der Waals surface area contributed by atoms with Gasteiger partial charge in [-0.15, -0.1) is 48.8 Å². The maximum absolute atomic E-state index is 6.42. The topological polar surface area (TPSA) is 50.3 Å². The van der Waals surface area contributed by atoms with Crippen molar-refractivity contribution in [1.82, 2.24) is 4.98 Å². The van der Waals surface area contributed by atoms with Crippen molar-refractivity contribution in [3.05, 3.63) is 121 Å². The molecule has 0 fully saturated rings. The number of fused-ring (bicyclic) bond motifs is 6. The van der Waals surface area contributed by atoms with E-state index in [1.807, 2.05) is 41.3 Å². The van der Waals surface area contributed by atoms with Crippen molar-refractivity contribution in [3.63, 3.8) is 0 Å². The van der Waals surface area contributed by atoms with Gasteiger partial charge in [0, 0.05) is 67.1 Å². The molecule has 4 heterocycles. The molecule has 264 valence electrons. The van der Waals surface area contributed by atoms with Crippen LogP contribution < -0.4 is 28.7 Å². The summed E-state index contributed by atoms with van der Waals surface area (Å²) in [5, 5.41) is 0. The van der Waals surface area contributed by atoms with Crippen molar-refractivity contribution in [2.75, 3.05) is 14.6 Å². The van der Waals surface area contributed by atoms with Crippen LogP contribution in [0.25, 0.3) is 0 Å². The first-order valence-electron chi connectivity index (χ1n) is 17.2. The smallest absolute Gasteiger partial charge is 0.568 e. The molecular formula is C42H42BN4O3Pt-3. The second-order valence-electron chi connectivity index (χ2n) is 16.3. The van der Waals surface area contributed by atoms with Gasteiger partial charge in [-0.3, -0.25) is 0 Å². The van der Waals surface area contributed by atoms with Crippen molar-refractivity contribution < 1.29 is 35.1 Å². The van der Waals surface area contributed by atoms with Gasteiger partial charge in [0.15, 0.2) is 5.82 Å². The first-order chi connectivity index (χ1) is 23.6. The molecule has 8 rings (SSSR count). The van der Waals surface area contributed by atoms with E-state index in [1.165, 1.54) is 11.1 Å². The van der Waals surface area contributed by atoms with Gasteiger partial charge in [-0.05, 0) is 63.4 Å². The fraction of sp³-hybridized carbons (Fsp3) is 0.286. The van der Waals surface area contributed by atoms with Crippen LogP contribution in [-0.2, 0) is 37.3 Å². The molecule has 4 aromatic carbocycles. The molecule has 3 aliphatic rings. The Morgan fingerprint density at radius 1 is 0.706 bits per heavy atom. The van der Waals surface area contributed by atoms with E-state index in [-0.39, 0.29) is 37.3 Å². The Labute approximate surface area is 317 Å². The number of para-hydroxylation sites is 2. The summed E-state index contributed by atoms with van der Waals surface area (Å²) >= 11 is 0. The molecule has 0 radical (unpaired) electrons. The van der Waals surface area contributed by atoms with Gasteiger partial charge >= 0.3 is 7.25 Å². The summed E-state index contributed by atoms with van der Waals surface area (Å²) in [7, 11) is -0.630. The minimum atomic E-state index is -0.630. The average molecular weight is 857 g/mol. The molecule has 3 aliphatic heterocycles. The van der Waals surface area contributed by atoms with Crippen LogP contribution >= 0.6 is 0 Å². The minimum absolute atomic E-state index is 0. The number of nitrogens with zero attached hydrogens (tertiary/aromatic N) is 4. The van der Waals surface area contributed by atoms with Crippen molar-refractivity contribution >= 4 is 41.5 Å². The van der Waals surface area contributed by atoms with Gasteiger partial charge in [-0.1, -0.05) is 80.5 Å². The molecule has 0 atom stereocenters. The second-order valence-corrected chi connectivity index (χ2v) is 16.3. The molecule has 0 amide bonds. The largest absolute Gasteiger partial charge is 0.730 e. The third-order valence-electron chi connectivity index (χ3n) is 9.47. The van der Waals surface area contributed by atoms with Crippen LogP contribution in [0, 0.1) is 18.8 Å². The zero-order valence-corrected chi connectivity index (χ0v) is 32.8. The van der Waals surface area contributed by atoms with Crippen molar-refractivity contribution in [2.24, 2.45) is 0 Å². The van der Waals surface area contributed by atoms with Gasteiger partial charge in [-0.2, -0.15) is 6.07 Å². The molecule has 0 aliphatic carbocycles. The van der Waals surface area contributed by atoms with E-state index < -0.39 is 7.25 Å². The summed E-state index contributed by atoms with van der Waals surface area (Å²) in [6, 6.07) is 34.1. The number of ether oxygens (including phenoxy) is 1. The average Bonchev–Trinajstić information content (AvgIpc) is 3.73. The number of rotatable bonds is 4. The standard InChI is InChI=1S/C42H42BN4O3.Pt/c1-40(2,3)27-21-28(41(4,5)6)23-30(22-27)46-26-45(34-15-10-11-16-35(34)46)29-13-12-14-31(24-29)48-32-17-18-37-36(25-32)47-39-38(50-43(47)49-37)33(19-20-44-39)42(7,8)9;/h10-23,26H,1-9H3;/q-3;. The van der Waals surface area contributed by atoms with Gasteiger partial charge in [0.1, 0.15) is 5.75 Å². The van der Waals surface area contributed by atoms with Gasteiger partial charge in [0.2, 0.25) is 0 Å². The van der Waals surface area contributed by atoms with E-state index in [0.29, 0.717) is 17.2 Å². The predicted molar refractivity (Wildman–Crippen MR) is 202 cm³/mol. The number of benzene rings is 4. The fourth-order valence-electron chi connectivity index (χ4n) is 6.63. The Morgan fingerprint density at radius 3 is 2.04 bits per heavy atom. The molecule has 0 bridgehead atoms. The van der Waals surface area contributed by atoms with Crippen LogP contribution in [0.1, 0.15) is 79.0 Å². The molecule has 0 saturated heterocycles. The third-order valence-corrected chi connectivity index (χ3v) is 9.47. The summed E-state index contributed by atoms with van der Waals surface area (Å²) < 4.78 is 18.9. The van der Waals surface area contributed by atoms with Crippen molar-refractivity contribution in [3.8, 4) is 23.0 Å². The quantitative estimate of drug-likeness (QED) is 0.132. The zero-order chi connectivity index (χ0) is 35.2. The van der Waals surface area contributed by atoms with Gasteiger partial charge in [-0.25, -0.2) is 4.98 Å². The SMILES string of the molecule is CC(C)(C)c1cc(N2[CH-]N(c3[c-]c(Oc4[c-]c5c(cc4)OB4Oc6c(C(C)(C)C)ccnc6N45)ccc3)c3ccccc32)cc(C(C)(C)C)c1.[Pt]. The molecule has 5 aromatic rings. The van der Waals surface area contributed by atoms with Crippen molar-refractivity contribution in [2.45, 2.75) is 78.6 Å². The first kappa shape index (κ1) is 35.0. The van der Waals surface area contributed by atoms with Crippen LogP contribution in [0.15, 0.2) is 85.1 Å². The molecule has 1 aromatic heterocycles. The van der Waals surface area contributed by atoms with Crippen LogP contribution in [0.5, 0.6) is 23.0 Å². The molecule has 9 heteroatoms. The second kappa shape index (κ2) is 12.4. The summed E-state index contributed by atoms with van der Waals surface area (Å²) in [5.41, 5.74) is 8.51. The monoisotopic (exact) mass is 856 g/mol. The number of aromatic nitrogens is 1. The summed E-state index contributed by atoms with van der Waals surface area (Å²) in [6.07, 6.45) is 1.82. The van der Waals surface area contributed by atoms with E-state index >= 15 is 0 Å². The zero-order valence-electron chi connectivity index (χ0n) is 30.6. The normalized spacial score (nSPS) is 14.7. The van der Waals surface area contributed by atoms with E-state index in [2.05, 4.69) is 144 Å². The number of anilines is 6. The van der Waals surface area contributed by atoms with Crippen molar-refractivity contribution in [1.29, 1.82) is 0 Å². The first-order valence-corrected chi connectivity index (χ1v) is 17.2. The van der Waals surface area contributed by atoms with E-state index in [1.54, 1.807) is 0 Å². The molecule has 0 N–H and O–H groups in total. The Balaban J connectivity index is 0.00000406. The summed E-state index contributed by atoms with van der Waals surface area (Å²) in [5.74, 6) is 3.26. The van der Waals surface area contributed by atoms with E-state index in [0.717, 1.165) is 45.6 Å². The van der Waals surface area contributed by atoms with Gasteiger partial charge < -0.3 is 28.7 Å². The maximum atomic E-state index is 6.42. The number of hydrogen-bond donors (Lipinski definition) is 0. The van der Waals surface area contributed by atoms with Gasteiger partial charge in [0.05, 0.1) is 0 Å². The number of hydrogen-bond acceptors (Lipinski definition) is 7. The molecule has 0 saturated carbocycles. The molecular weight excluding hydrogens is 814 g/mol. The van der Waals surface area contributed by atoms with E-state index in [4.69, 9.17) is 14.0 Å².